The molecule has 0 aliphatic carbocycles. The van der Waals surface area contributed by atoms with Gasteiger partial charge in [0.1, 0.15) is 19.4 Å². The average Bonchev–Trinajstić information content (AvgIpc) is 2.72. The van der Waals surface area contributed by atoms with Gasteiger partial charge in [0.25, 0.3) is 0 Å². The molecule has 2 aromatic rings. The number of hydrogen-bond donors (Lipinski definition) is 1. The molecule has 0 radical (unpaired) electrons. The van der Waals surface area contributed by atoms with E-state index in [1.54, 1.807) is 0 Å². The Bertz CT molecular complexity index is 896. The minimum atomic E-state index is -1.22. The van der Waals surface area contributed by atoms with Crippen molar-refractivity contribution in [3.8, 4) is 12.3 Å². The van der Waals surface area contributed by atoms with Crippen LogP contribution in [0.15, 0.2) is 52.8 Å². The average molecular weight is 380 g/mol. The molecule has 28 heavy (non-hydrogen) atoms. The number of ether oxygens (including phenoxy) is 1. The van der Waals surface area contributed by atoms with Gasteiger partial charge in [-0.3, -0.25) is 0 Å². The number of benzene rings is 2. The van der Waals surface area contributed by atoms with Crippen LogP contribution in [-0.2, 0) is 21.0 Å². The van der Waals surface area contributed by atoms with Gasteiger partial charge in [0, 0.05) is 23.8 Å². The quantitative estimate of drug-likeness (QED) is 0.330. The molecule has 0 aliphatic heterocycles. The van der Waals surface area contributed by atoms with Crippen LogP contribution in [0.3, 0.4) is 0 Å². The molecule has 1 unspecified atom stereocenters. The van der Waals surface area contributed by atoms with E-state index in [1.165, 1.54) is 14.2 Å². The maximum absolute atomic E-state index is 10.1. The zero-order chi connectivity index (χ0) is 20.5. The number of aryl methyl sites for hydroxylation is 1. The zero-order valence-corrected chi connectivity index (χ0v) is 16.5. The third-order valence-corrected chi connectivity index (χ3v) is 4.21. The van der Waals surface area contributed by atoms with Crippen molar-refractivity contribution in [3.05, 3.63) is 70.3 Å². The van der Waals surface area contributed by atoms with Crippen molar-refractivity contribution in [2.75, 3.05) is 14.2 Å². The minimum Gasteiger partial charge on any atom is -0.399 e. The number of oxime groups is 2. The van der Waals surface area contributed by atoms with E-state index in [4.69, 9.17) is 20.8 Å². The fourth-order valence-electron chi connectivity index (χ4n) is 2.63. The molecule has 1 N–H and O–H groups in total. The Morgan fingerprint density at radius 2 is 1.86 bits per heavy atom. The second-order valence-corrected chi connectivity index (χ2v) is 6.02. The van der Waals surface area contributed by atoms with E-state index < -0.39 is 6.29 Å². The van der Waals surface area contributed by atoms with Crippen LogP contribution in [-0.4, -0.2) is 37.0 Å². The predicted molar refractivity (Wildman–Crippen MR) is 109 cm³/mol. The van der Waals surface area contributed by atoms with Crippen molar-refractivity contribution in [2.24, 2.45) is 10.3 Å². The van der Waals surface area contributed by atoms with E-state index in [-0.39, 0.29) is 12.3 Å². The van der Waals surface area contributed by atoms with E-state index >= 15 is 0 Å². The second kappa shape index (κ2) is 10.3. The van der Waals surface area contributed by atoms with Crippen molar-refractivity contribution in [1.82, 2.24) is 0 Å². The molecule has 6 nitrogen and oxygen atoms in total. The van der Waals surface area contributed by atoms with Gasteiger partial charge in [-0.2, -0.15) is 0 Å². The van der Waals surface area contributed by atoms with Crippen LogP contribution >= 0.6 is 0 Å². The van der Waals surface area contributed by atoms with Crippen molar-refractivity contribution < 1.29 is 19.5 Å². The highest BCUT2D eigenvalue weighted by Crippen LogP contribution is 2.19. The summed E-state index contributed by atoms with van der Waals surface area (Å²) in [5.41, 5.74) is 5.18. The zero-order valence-electron chi connectivity index (χ0n) is 16.5. The lowest BCUT2D eigenvalue weighted by molar-refractivity contribution is -0.0220. The number of rotatable bonds is 8. The monoisotopic (exact) mass is 380 g/mol. The van der Waals surface area contributed by atoms with Crippen LogP contribution in [0.5, 0.6) is 0 Å². The molecule has 0 saturated heterocycles. The van der Waals surface area contributed by atoms with Crippen molar-refractivity contribution in [3.63, 3.8) is 0 Å². The maximum Gasteiger partial charge on any atom is 0.202 e. The first kappa shape index (κ1) is 21.2. The van der Waals surface area contributed by atoms with Gasteiger partial charge in [0.2, 0.25) is 6.29 Å². The fourth-order valence-corrected chi connectivity index (χ4v) is 2.63. The number of methoxy groups -OCH3 is 1. The Balaban J connectivity index is 2.24. The van der Waals surface area contributed by atoms with Gasteiger partial charge in [0.15, 0.2) is 0 Å². The summed E-state index contributed by atoms with van der Waals surface area (Å²) < 4.78 is 5.00. The third-order valence-electron chi connectivity index (χ3n) is 4.21. The highest BCUT2D eigenvalue weighted by molar-refractivity contribution is 6.04. The Morgan fingerprint density at radius 1 is 1.14 bits per heavy atom. The number of aliphatic hydroxyl groups excluding tert-OH is 1. The molecule has 2 rings (SSSR count). The normalized spacial score (nSPS) is 13.0. The van der Waals surface area contributed by atoms with Crippen LogP contribution in [0.25, 0.3) is 0 Å². The minimum absolute atomic E-state index is 0.195. The predicted octanol–water partition coefficient (Wildman–Crippen LogP) is 3.23. The molecular formula is C22H24N2O4. The van der Waals surface area contributed by atoms with E-state index in [9.17, 15) is 5.11 Å². The SMILES string of the molecule is C#Cc1ccc(/C(C)=N/OCc2c(C)cccc2/C(=N\OC)C(O)OC)cc1. The maximum atomic E-state index is 10.1. The summed E-state index contributed by atoms with van der Waals surface area (Å²) in [7, 11) is 2.80. The molecule has 0 amide bonds. The first-order valence-corrected chi connectivity index (χ1v) is 8.66. The van der Waals surface area contributed by atoms with Crippen LogP contribution < -0.4 is 0 Å². The Hall–Kier alpha value is -3.14. The van der Waals surface area contributed by atoms with Crippen molar-refractivity contribution in [1.29, 1.82) is 0 Å². The number of nitrogens with zero attached hydrogens (tertiary/aromatic N) is 2. The molecule has 0 aliphatic rings. The van der Waals surface area contributed by atoms with Crippen LogP contribution in [0, 0.1) is 19.3 Å². The largest absolute Gasteiger partial charge is 0.399 e. The second-order valence-electron chi connectivity index (χ2n) is 6.02. The van der Waals surface area contributed by atoms with Gasteiger partial charge in [0.05, 0.1) is 5.71 Å². The molecule has 0 spiro atoms. The van der Waals surface area contributed by atoms with E-state index in [2.05, 4.69) is 16.2 Å². The molecule has 0 bridgehead atoms. The first-order chi connectivity index (χ1) is 13.5. The summed E-state index contributed by atoms with van der Waals surface area (Å²) in [5.74, 6) is 2.58. The van der Waals surface area contributed by atoms with Gasteiger partial charge in [-0.25, -0.2) is 0 Å². The van der Waals surface area contributed by atoms with Gasteiger partial charge in [-0.05, 0) is 37.1 Å². The summed E-state index contributed by atoms with van der Waals surface area (Å²) in [6, 6.07) is 13.1. The molecule has 2 aromatic carbocycles. The summed E-state index contributed by atoms with van der Waals surface area (Å²) in [5, 5.41) is 18.2. The Kier molecular flexibility index (Phi) is 7.76. The molecule has 6 heteroatoms. The topological polar surface area (TPSA) is 72.6 Å². The number of terminal acetylenes is 1. The number of aliphatic hydroxyl groups is 1. The summed E-state index contributed by atoms with van der Waals surface area (Å²) in [4.78, 5) is 10.4. The molecule has 1 atom stereocenters. The lowest BCUT2D eigenvalue weighted by Gasteiger charge is -2.16. The van der Waals surface area contributed by atoms with Crippen LogP contribution in [0.4, 0.5) is 0 Å². The van der Waals surface area contributed by atoms with Gasteiger partial charge < -0.3 is 19.5 Å². The Morgan fingerprint density at radius 3 is 2.46 bits per heavy atom. The third kappa shape index (κ3) is 5.19. The Labute approximate surface area is 165 Å². The summed E-state index contributed by atoms with van der Waals surface area (Å²) >= 11 is 0. The van der Waals surface area contributed by atoms with Crippen LogP contribution in [0.1, 0.15) is 34.7 Å². The van der Waals surface area contributed by atoms with Gasteiger partial charge in [-0.1, -0.05) is 46.6 Å². The summed E-state index contributed by atoms with van der Waals surface area (Å²) in [6.45, 7) is 4.00. The van der Waals surface area contributed by atoms with E-state index in [0.29, 0.717) is 5.56 Å². The molecular weight excluding hydrogens is 356 g/mol. The standard InChI is InChI=1S/C22H24N2O4/c1-6-17-10-12-18(13-11-17)16(3)23-28-14-20-15(2)8-7-9-19(20)21(24-27-5)22(25)26-4/h1,7-13,22,25H,14H2,2-5H3/b23-16+,24-21+. The van der Waals surface area contributed by atoms with Gasteiger partial charge in [-0.15, -0.1) is 6.42 Å². The highest BCUT2D eigenvalue weighted by atomic mass is 16.6. The van der Waals surface area contributed by atoms with Crippen molar-refractivity contribution >= 4 is 11.4 Å². The lowest BCUT2D eigenvalue weighted by atomic mass is 9.98. The molecule has 0 fully saturated rings. The fraction of sp³-hybridized carbons (Fsp3) is 0.273. The van der Waals surface area contributed by atoms with Crippen LogP contribution in [0.2, 0.25) is 0 Å². The molecule has 0 heterocycles. The lowest BCUT2D eigenvalue weighted by Crippen LogP contribution is -2.25. The summed E-state index contributed by atoms with van der Waals surface area (Å²) in [6.07, 6.45) is 4.15. The highest BCUT2D eigenvalue weighted by Gasteiger charge is 2.20. The number of hydrogen-bond acceptors (Lipinski definition) is 6. The van der Waals surface area contributed by atoms with E-state index in [0.717, 1.165) is 28.0 Å². The molecule has 0 aromatic heterocycles. The smallest absolute Gasteiger partial charge is 0.202 e. The van der Waals surface area contributed by atoms with E-state index in [1.807, 2.05) is 56.3 Å². The molecule has 146 valence electrons. The first-order valence-electron chi connectivity index (χ1n) is 8.66. The molecule has 0 saturated carbocycles. The van der Waals surface area contributed by atoms with Gasteiger partial charge >= 0.3 is 0 Å². The van der Waals surface area contributed by atoms with Crippen molar-refractivity contribution in [2.45, 2.75) is 26.7 Å².